The molecule has 1 spiro atoms. The van der Waals surface area contributed by atoms with Crippen LogP contribution in [0.2, 0.25) is 0 Å². The van der Waals surface area contributed by atoms with Crippen LogP contribution in [0.15, 0.2) is 21.3 Å². The first-order valence-corrected chi connectivity index (χ1v) is 7.96. The van der Waals surface area contributed by atoms with E-state index < -0.39 is 17.6 Å². The van der Waals surface area contributed by atoms with Gasteiger partial charge in [-0.25, -0.2) is 14.0 Å². The molecule has 6 nitrogen and oxygen atoms in total. The summed E-state index contributed by atoms with van der Waals surface area (Å²) < 4.78 is 18.9. The average Bonchev–Trinajstić information content (AvgIpc) is 2.99. The Kier molecular flexibility index (Phi) is 3.18. The maximum absolute atomic E-state index is 14.0. The second-order valence-corrected chi connectivity index (χ2v) is 6.62. The summed E-state index contributed by atoms with van der Waals surface area (Å²) in [6, 6.07) is 2.20. The highest BCUT2D eigenvalue weighted by atomic mass is 19.1. The second kappa shape index (κ2) is 5.11. The first kappa shape index (κ1) is 14.3. The number of hydrogen-bond acceptors (Lipinski definition) is 3. The van der Waals surface area contributed by atoms with Crippen LogP contribution in [0.4, 0.5) is 14.9 Å². The van der Waals surface area contributed by atoms with Crippen LogP contribution in [0.3, 0.4) is 0 Å². The van der Waals surface area contributed by atoms with Gasteiger partial charge >= 0.3 is 11.8 Å². The molecule has 2 amide bonds. The molecule has 1 aromatic heterocycles. The van der Waals surface area contributed by atoms with Crippen molar-refractivity contribution >= 4 is 22.8 Å². The monoisotopic (exact) mass is 319 g/mol. The Morgan fingerprint density at radius 1 is 1.30 bits per heavy atom. The molecule has 2 fully saturated rings. The molecule has 0 radical (unpaired) electrons. The highest BCUT2D eigenvalue weighted by molar-refractivity contribution is 5.92. The number of nitrogens with one attached hydrogen (secondary N) is 3. The maximum Gasteiger partial charge on any atom is 0.417 e. The summed E-state index contributed by atoms with van der Waals surface area (Å²) in [6.45, 7) is 0. The molecule has 1 atom stereocenters. The zero-order chi connectivity index (χ0) is 16.0. The number of oxazole rings is 1. The molecule has 1 unspecified atom stereocenters. The summed E-state index contributed by atoms with van der Waals surface area (Å²) in [7, 11) is 0. The second-order valence-electron chi connectivity index (χ2n) is 6.62. The molecule has 7 heteroatoms. The predicted molar refractivity (Wildman–Crippen MR) is 82.9 cm³/mol. The third kappa shape index (κ3) is 2.60. The molecule has 0 aliphatic heterocycles. The van der Waals surface area contributed by atoms with Crippen LogP contribution in [0.5, 0.6) is 0 Å². The van der Waals surface area contributed by atoms with Gasteiger partial charge in [-0.15, -0.1) is 0 Å². The number of benzene rings is 1. The smallest absolute Gasteiger partial charge is 0.408 e. The molecule has 2 aliphatic rings. The fourth-order valence-electron chi connectivity index (χ4n) is 3.74. The highest BCUT2D eigenvalue weighted by Gasteiger charge is 2.54. The number of fused-ring (bicyclic) bond motifs is 1. The van der Waals surface area contributed by atoms with Gasteiger partial charge in [0.25, 0.3) is 0 Å². The number of rotatable bonds is 2. The van der Waals surface area contributed by atoms with Crippen molar-refractivity contribution in [1.82, 2.24) is 10.3 Å². The molecule has 1 heterocycles. The number of carbonyl (C=O) groups excluding carboxylic acids is 1. The van der Waals surface area contributed by atoms with E-state index in [-0.39, 0.29) is 28.2 Å². The van der Waals surface area contributed by atoms with Gasteiger partial charge in [0, 0.05) is 18.2 Å². The van der Waals surface area contributed by atoms with Crippen molar-refractivity contribution in [3.63, 3.8) is 0 Å². The van der Waals surface area contributed by atoms with Crippen LogP contribution in [0.1, 0.15) is 38.5 Å². The number of urea groups is 1. The quantitative estimate of drug-likeness (QED) is 0.795. The number of hydrogen-bond donors (Lipinski definition) is 3. The number of amides is 2. The Morgan fingerprint density at radius 3 is 2.87 bits per heavy atom. The lowest BCUT2D eigenvalue weighted by Gasteiger charge is -2.22. The van der Waals surface area contributed by atoms with Gasteiger partial charge in [0.2, 0.25) is 0 Å². The van der Waals surface area contributed by atoms with Crippen molar-refractivity contribution < 1.29 is 13.6 Å². The van der Waals surface area contributed by atoms with Gasteiger partial charge in [0.05, 0.1) is 11.2 Å². The molecular formula is C16H18FN3O3. The number of anilines is 1. The minimum Gasteiger partial charge on any atom is -0.408 e. The predicted octanol–water partition coefficient (Wildman–Crippen LogP) is 3.10. The number of H-pyrrole nitrogens is 1. The largest absolute Gasteiger partial charge is 0.417 e. The van der Waals surface area contributed by atoms with E-state index in [0.717, 1.165) is 25.3 Å². The van der Waals surface area contributed by atoms with E-state index in [2.05, 4.69) is 15.6 Å². The van der Waals surface area contributed by atoms with E-state index in [0.29, 0.717) is 0 Å². The summed E-state index contributed by atoms with van der Waals surface area (Å²) in [5, 5.41) is 5.43. The lowest BCUT2D eigenvalue weighted by atomic mass is 9.86. The third-order valence-corrected chi connectivity index (χ3v) is 5.10. The van der Waals surface area contributed by atoms with Crippen molar-refractivity contribution in [1.29, 1.82) is 0 Å². The van der Waals surface area contributed by atoms with Crippen LogP contribution in [-0.2, 0) is 0 Å². The minimum atomic E-state index is -0.654. The molecule has 0 saturated heterocycles. The number of halogens is 1. The van der Waals surface area contributed by atoms with Crippen molar-refractivity contribution in [2.45, 2.75) is 44.6 Å². The summed E-state index contributed by atoms with van der Waals surface area (Å²) in [6.07, 6.45) is 7.04. The lowest BCUT2D eigenvalue weighted by Crippen LogP contribution is -2.34. The van der Waals surface area contributed by atoms with E-state index in [1.54, 1.807) is 0 Å². The SMILES string of the molecule is O=C(Nc1cc2oc(=O)[nH]c2cc1F)NC1CC12CCCCC2. The molecule has 23 heavy (non-hydrogen) atoms. The lowest BCUT2D eigenvalue weighted by molar-refractivity contribution is 0.246. The molecular weight excluding hydrogens is 301 g/mol. The van der Waals surface area contributed by atoms with Gasteiger partial charge in [0.1, 0.15) is 5.82 Å². The first-order valence-electron chi connectivity index (χ1n) is 7.96. The van der Waals surface area contributed by atoms with Crippen LogP contribution >= 0.6 is 0 Å². The van der Waals surface area contributed by atoms with Crippen LogP contribution in [0, 0.1) is 11.2 Å². The molecule has 1 aromatic carbocycles. The molecule has 122 valence electrons. The summed E-state index contributed by atoms with van der Waals surface area (Å²) in [5.74, 6) is -1.27. The number of aromatic nitrogens is 1. The number of aromatic amines is 1. The normalized spacial score (nSPS) is 22.2. The Bertz CT molecular complexity index is 820. The van der Waals surface area contributed by atoms with Gasteiger partial charge in [-0.1, -0.05) is 19.3 Å². The van der Waals surface area contributed by atoms with Crippen molar-refractivity contribution in [3.8, 4) is 0 Å². The zero-order valence-corrected chi connectivity index (χ0v) is 12.6. The fourth-order valence-corrected chi connectivity index (χ4v) is 3.74. The summed E-state index contributed by atoms with van der Waals surface area (Å²) in [5.41, 5.74) is 0.741. The first-order chi connectivity index (χ1) is 11.1. The van der Waals surface area contributed by atoms with Gasteiger partial charge in [0.15, 0.2) is 5.58 Å². The minimum absolute atomic E-state index is 0.00362. The van der Waals surface area contributed by atoms with Crippen LogP contribution in [-0.4, -0.2) is 17.1 Å². The molecule has 2 aliphatic carbocycles. The highest BCUT2D eigenvalue weighted by Crippen LogP contribution is 2.56. The van der Waals surface area contributed by atoms with Gasteiger partial charge < -0.3 is 15.1 Å². The van der Waals surface area contributed by atoms with Crippen LogP contribution < -0.4 is 16.4 Å². The summed E-state index contributed by atoms with van der Waals surface area (Å²) >= 11 is 0. The fraction of sp³-hybridized carbons (Fsp3) is 0.500. The van der Waals surface area contributed by atoms with Crippen molar-refractivity contribution in [2.24, 2.45) is 5.41 Å². The Labute approximate surface area is 131 Å². The summed E-state index contributed by atoms with van der Waals surface area (Å²) in [4.78, 5) is 25.6. The zero-order valence-electron chi connectivity index (χ0n) is 12.6. The topological polar surface area (TPSA) is 87.1 Å². The number of carbonyl (C=O) groups is 1. The van der Waals surface area contributed by atoms with Crippen LogP contribution in [0.25, 0.3) is 11.1 Å². The molecule has 2 saturated carbocycles. The Morgan fingerprint density at radius 2 is 2.09 bits per heavy atom. The van der Waals surface area contributed by atoms with Crippen molar-refractivity contribution in [3.05, 3.63) is 28.5 Å². The Balaban J connectivity index is 1.44. The molecule has 2 aromatic rings. The third-order valence-electron chi connectivity index (χ3n) is 5.10. The van der Waals surface area contributed by atoms with Crippen molar-refractivity contribution in [2.75, 3.05) is 5.32 Å². The van der Waals surface area contributed by atoms with E-state index >= 15 is 0 Å². The molecule has 4 rings (SSSR count). The van der Waals surface area contributed by atoms with E-state index in [1.807, 2.05) is 0 Å². The molecule has 0 bridgehead atoms. The standard InChI is InChI=1S/C16H18FN3O3/c17-9-6-11-12(23-15(22)19-11)7-10(9)18-14(21)20-13-8-16(13)4-2-1-3-5-16/h6-7,13H,1-5,8H2,(H,19,22)(H2,18,20,21). The van der Waals surface area contributed by atoms with E-state index in [1.165, 1.54) is 25.3 Å². The molecule has 3 N–H and O–H groups in total. The maximum atomic E-state index is 14.0. The van der Waals surface area contributed by atoms with E-state index in [9.17, 15) is 14.0 Å². The Hall–Kier alpha value is -2.31. The van der Waals surface area contributed by atoms with Gasteiger partial charge in [-0.3, -0.25) is 4.98 Å². The van der Waals surface area contributed by atoms with Gasteiger partial charge in [-0.05, 0) is 24.7 Å². The van der Waals surface area contributed by atoms with E-state index in [4.69, 9.17) is 4.42 Å². The average molecular weight is 319 g/mol. The van der Waals surface area contributed by atoms with Gasteiger partial charge in [-0.2, -0.15) is 0 Å².